The Balaban J connectivity index is 0.00000261. The number of anilines is 2. The number of rotatable bonds is 5. The molecule has 7 nitrogen and oxygen atoms in total. The Morgan fingerprint density at radius 1 is 1.48 bits per heavy atom. The van der Waals surface area contributed by atoms with Crippen LogP contribution in [-0.4, -0.2) is 56.2 Å². The molecule has 1 atom stereocenters. The second-order valence-corrected chi connectivity index (χ2v) is 7.57. The van der Waals surface area contributed by atoms with Gasteiger partial charge in [0, 0.05) is 51.9 Å². The largest absolute Gasteiger partial charge is 0.354 e. The van der Waals surface area contributed by atoms with Gasteiger partial charge in [0.15, 0.2) is 11.1 Å². The zero-order valence-electron chi connectivity index (χ0n) is 15.6. The maximum absolute atomic E-state index is 6.26. The second-order valence-electron chi connectivity index (χ2n) is 6.33. The summed E-state index contributed by atoms with van der Waals surface area (Å²) in [5.41, 5.74) is 1.01. The highest BCUT2D eigenvalue weighted by Crippen LogP contribution is 2.25. The lowest BCUT2D eigenvalue weighted by atomic mass is 10.3. The van der Waals surface area contributed by atoms with Crippen LogP contribution < -0.4 is 20.4 Å². The van der Waals surface area contributed by atoms with Crippen molar-refractivity contribution in [2.24, 2.45) is 4.99 Å². The Hall–Kier alpha value is -1.33. The summed E-state index contributed by atoms with van der Waals surface area (Å²) >= 11 is 7.89. The van der Waals surface area contributed by atoms with Crippen LogP contribution >= 0.6 is 46.9 Å². The molecule has 0 bridgehead atoms. The highest BCUT2D eigenvalue weighted by atomic mass is 127. The molecule has 1 aliphatic heterocycles. The van der Waals surface area contributed by atoms with Crippen LogP contribution in [-0.2, 0) is 6.54 Å². The third kappa shape index (κ3) is 5.82. The zero-order valence-corrected chi connectivity index (χ0v) is 19.5. The van der Waals surface area contributed by atoms with Crippen molar-refractivity contribution in [3.05, 3.63) is 34.4 Å². The molecule has 0 amide bonds. The van der Waals surface area contributed by atoms with Gasteiger partial charge in [-0.15, -0.1) is 35.3 Å². The zero-order chi connectivity index (χ0) is 18.5. The van der Waals surface area contributed by atoms with Crippen molar-refractivity contribution in [3.8, 4) is 0 Å². The minimum absolute atomic E-state index is 0. The van der Waals surface area contributed by atoms with Gasteiger partial charge >= 0.3 is 0 Å². The summed E-state index contributed by atoms with van der Waals surface area (Å²) in [6.07, 6.45) is 2.79. The third-order valence-corrected chi connectivity index (χ3v) is 5.50. The smallest absolute Gasteiger partial charge is 0.191 e. The fourth-order valence-electron chi connectivity index (χ4n) is 2.83. The number of guanidine groups is 1. The maximum atomic E-state index is 6.26. The number of nitrogens with one attached hydrogen (secondary N) is 2. The first-order chi connectivity index (χ1) is 12.6. The fourth-order valence-corrected chi connectivity index (χ4v) is 3.82. The van der Waals surface area contributed by atoms with Crippen molar-refractivity contribution < 1.29 is 0 Å². The van der Waals surface area contributed by atoms with E-state index in [4.69, 9.17) is 11.6 Å². The van der Waals surface area contributed by atoms with E-state index in [-0.39, 0.29) is 24.0 Å². The number of halogens is 2. The van der Waals surface area contributed by atoms with E-state index in [1.165, 1.54) is 0 Å². The Morgan fingerprint density at radius 2 is 2.30 bits per heavy atom. The van der Waals surface area contributed by atoms with Crippen LogP contribution in [0.3, 0.4) is 0 Å². The van der Waals surface area contributed by atoms with Gasteiger partial charge in [0.25, 0.3) is 0 Å². The van der Waals surface area contributed by atoms with Crippen molar-refractivity contribution >= 4 is 63.8 Å². The molecule has 2 aromatic rings. The van der Waals surface area contributed by atoms with E-state index < -0.39 is 0 Å². The lowest BCUT2D eigenvalue weighted by Gasteiger charge is -2.20. The highest BCUT2D eigenvalue weighted by Gasteiger charge is 2.25. The number of thiazole rings is 1. The molecule has 0 aliphatic carbocycles. The number of hydrogen-bond acceptors (Lipinski definition) is 6. The molecular weight excluding hydrogens is 497 g/mol. The number of aliphatic imine (C=N–C) groups is 1. The molecule has 1 aliphatic rings. The Morgan fingerprint density at radius 3 is 2.96 bits per heavy atom. The summed E-state index contributed by atoms with van der Waals surface area (Å²) < 4.78 is 0. The number of nitrogens with zero attached hydrogens (tertiary/aromatic N) is 5. The first-order valence-electron chi connectivity index (χ1n) is 8.51. The quantitative estimate of drug-likeness (QED) is 0.358. The monoisotopic (exact) mass is 521 g/mol. The second kappa shape index (κ2) is 10.3. The van der Waals surface area contributed by atoms with Crippen molar-refractivity contribution in [1.82, 2.24) is 20.6 Å². The molecule has 1 fully saturated rings. The molecule has 0 aromatic carbocycles. The van der Waals surface area contributed by atoms with E-state index in [9.17, 15) is 0 Å². The molecule has 1 unspecified atom stereocenters. The Bertz CT molecular complexity index is 767. The Kier molecular flexibility index (Phi) is 8.36. The van der Waals surface area contributed by atoms with Gasteiger partial charge in [-0.1, -0.05) is 11.6 Å². The van der Waals surface area contributed by atoms with Gasteiger partial charge in [-0.05, 0) is 18.6 Å². The van der Waals surface area contributed by atoms with Crippen molar-refractivity contribution in [2.45, 2.75) is 19.0 Å². The van der Waals surface area contributed by atoms with Crippen molar-refractivity contribution in [3.63, 3.8) is 0 Å². The van der Waals surface area contributed by atoms with Gasteiger partial charge in [-0.25, -0.2) is 9.97 Å². The highest BCUT2D eigenvalue weighted by molar-refractivity contribution is 14.0. The van der Waals surface area contributed by atoms with Gasteiger partial charge in [-0.3, -0.25) is 4.99 Å². The SMILES string of the molecule is CN=C(NCc1csc(N(C)C)n1)NC1CCN(c2ncccc2Cl)C1.I. The topological polar surface area (TPSA) is 68.7 Å². The van der Waals surface area contributed by atoms with E-state index >= 15 is 0 Å². The normalized spacial score (nSPS) is 16.8. The van der Waals surface area contributed by atoms with E-state index in [1.807, 2.05) is 31.1 Å². The van der Waals surface area contributed by atoms with Crippen LogP contribution in [0.25, 0.3) is 0 Å². The number of hydrogen-bond donors (Lipinski definition) is 2. The minimum atomic E-state index is 0. The number of aromatic nitrogens is 2. The van der Waals surface area contributed by atoms with Crippen LogP contribution in [0.2, 0.25) is 5.02 Å². The molecular formula is C17H25ClIN7S. The molecule has 2 aromatic heterocycles. The van der Waals surface area contributed by atoms with Crippen LogP contribution in [0.1, 0.15) is 12.1 Å². The van der Waals surface area contributed by atoms with Crippen LogP contribution in [0.4, 0.5) is 10.9 Å². The van der Waals surface area contributed by atoms with E-state index in [0.717, 1.165) is 42.1 Å². The average molecular weight is 522 g/mol. The summed E-state index contributed by atoms with van der Waals surface area (Å²) in [5, 5.41) is 10.6. The average Bonchev–Trinajstić information content (AvgIpc) is 3.28. The summed E-state index contributed by atoms with van der Waals surface area (Å²) in [4.78, 5) is 17.5. The molecule has 27 heavy (non-hydrogen) atoms. The lowest BCUT2D eigenvalue weighted by molar-refractivity contribution is 0.647. The summed E-state index contributed by atoms with van der Waals surface area (Å²) in [6.45, 7) is 2.41. The maximum Gasteiger partial charge on any atom is 0.191 e. The molecule has 10 heteroatoms. The summed E-state index contributed by atoms with van der Waals surface area (Å²) in [6, 6.07) is 4.02. The predicted octanol–water partition coefficient (Wildman–Crippen LogP) is 2.82. The molecule has 148 valence electrons. The van der Waals surface area contributed by atoms with Crippen LogP contribution in [0.5, 0.6) is 0 Å². The summed E-state index contributed by atoms with van der Waals surface area (Å²) in [7, 11) is 5.77. The van der Waals surface area contributed by atoms with Crippen molar-refractivity contribution in [2.75, 3.05) is 44.0 Å². The minimum Gasteiger partial charge on any atom is -0.354 e. The van der Waals surface area contributed by atoms with Crippen LogP contribution in [0, 0.1) is 0 Å². The first-order valence-corrected chi connectivity index (χ1v) is 9.77. The first kappa shape index (κ1) is 22.0. The molecule has 3 rings (SSSR count). The van der Waals surface area contributed by atoms with Gasteiger partial charge in [0.05, 0.1) is 17.3 Å². The molecule has 1 saturated heterocycles. The summed E-state index contributed by atoms with van der Waals surface area (Å²) in [5.74, 6) is 1.63. The van der Waals surface area contributed by atoms with Gasteiger partial charge < -0.3 is 20.4 Å². The van der Waals surface area contributed by atoms with Gasteiger partial charge in [0.1, 0.15) is 5.82 Å². The standard InChI is InChI=1S/C17H24ClN7S.HI/c1-19-16(21-9-13-11-26-17(23-13)24(2)3)22-12-6-8-25(10-12)15-14(18)5-4-7-20-15;/h4-5,7,11-12H,6,8-10H2,1-3H3,(H2,19,21,22);1H. The molecule has 0 radical (unpaired) electrons. The van der Waals surface area contributed by atoms with Gasteiger partial charge in [0.2, 0.25) is 0 Å². The van der Waals surface area contributed by atoms with Gasteiger partial charge in [-0.2, -0.15) is 0 Å². The fraction of sp³-hybridized carbons (Fsp3) is 0.471. The van der Waals surface area contributed by atoms with Crippen molar-refractivity contribution in [1.29, 1.82) is 0 Å². The Labute approximate surface area is 186 Å². The molecule has 3 heterocycles. The third-order valence-electron chi connectivity index (χ3n) is 4.15. The molecule has 2 N–H and O–H groups in total. The molecule has 0 saturated carbocycles. The van der Waals surface area contributed by atoms with Crippen LogP contribution in [0.15, 0.2) is 28.7 Å². The number of pyridine rings is 1. The van der Waals surface area contributed by atoms with E-state index in [2.05, 4.69) is 35.9 Å². The van der Waals surface area contributed by atoms with E-state index in [1.54, 1.807) is 24.6 Å². The lowest BCUT2D eigenvalue weighted by Crippen LogP contribution is -2.44. The predicted molar refractivity (Wildman–Crippen MR) is 125 cm³/mol. The van der Waals surface area contributed by atoms with E-state index in [0.29, 0.717) is 17.6 Å². The molecule has 0 spiro atoms.